The van der Waals surface area contributed by atoms with Gasteiger partial charge in [0, 0.05) is 23.7 Å². The van der Waals surface area contributed by atoms with Crippen LogP contribution in [-0.2, 0) is 14.3 Å². The highest BCUT2D eigenvalue weighted by atomic mass is 32.2. The number of carboxylic acids is 1. The molecule has 2 aliphatic heterocycles. The summed E-state index contributed by atoms with van der Waals surface area (Å²) in [6, 6.07) is 0. The molecular weight excluding hydrogens is 360 g/mol. The zero-order valence-electron chi connectivity index (χ0n) is 17.1. The van der Waals surface area contributed by atoms with Crippen LogP contribution in [-0.4, -0.2) is 40.6 Å². The van der Waals surface area contributed by atoms with Crippen LogP contribution in [0.15, 0.2) is 12.2 Å². The smallest absolute Gasteiger partial charge is 0.303 e. The SMILES string of the molecule is CCCCC(C)(C)C(=O)C=C[C@H]1[C@@H](CSCCCCC(=O)O)[C@H]2CC[C@@H]1O2. The number of unbranched alkanes of at least 4 members (excludes halogenated alkanes) is 2. The number of rotatable bonds is 13. The lowest BCUT2D eigenvalue weighted by Crippen LogP contribution is -2.28. The number of allylic oxidation sites excluding steroid dienone is 1. The molecule has 2 fully saturated rings. The zero-order valence-corrected chi connectivity index (χ0v) is 17.9. The number of carboxylic acid groups (broad SMARTS) is 1. The van der Waals surface area contributed by atoms with Crippen LogP contribution in [0.4, 0.5) is 0 Å². The topological polar surface area (TPSA) is 63.6 Å². The second kappa shape index (κ2) is 10.7. The van der Waals surface area contributed by atoms with Crippen LogP contribution >= 0.6 is 11.8 Å². The first-order valence-corrected chi connectivity index (χ1v) is 11.7. The average Bonchev–Trinajstić information content (AvgIpc) is 3.22. The molecule has 4 nitrogen and oxygen atoms in total. The predicted molar refractivity (Wildman–Crippen MR) is 111 cm³/mol. The maximum absolute atomic E-state index is 12.6. The van der Waals surface area contributed by atoms with E-state index in [1.54, 1.807) is 0 Å². The first kappa shape index (κ1) is 22.5. The van der Waals surface area contributed by atoms with Crippen molar-refractivity contribution in [3.05, 3.63) is 12.2 Å². The molecule has 2 bridgehead atoms. The number of carbonyl (C=O) groups is 2. The van der Waals surface area contributed by atoms with Crippen molar-refractivity contribution in [3.63, 3.8) is 0 Å². The molecule has 154 valence electrons. The Hall–Kier alpha value is -0.810. The summed E-state index contributed by atoms with van der Waals surface area (Å²) in [6.45, 7) is 6.26. The Kier molecular flexibility index (Phi) is 8.87. The van der Waals surface area contributed by atoms with E-state index in [1.807, 2.05) is 17.8 Å². The monoisotopic (exact) mass is 396 g/mol. The molecule has 2 aliphatic rings. The van der Waals surface area contributed by atoms with E-state index in [1.165, 1.54) is 0 Å². The molecular formula is C22H36O4S. The van der Waals surface area contributed by atoms with Crippen molar-refractivity contribution >= 4 is 23.5 Å². The van der Waals surface area contributed by atoms with Crippen molar-refractivity contribution in [2.45, 2.75) is 84.3 Å². The van der Waals surface area contributed by atoms with Crippen LogP contribution in [0, 0.1) is 17.3 Å². The highest BCUT2D eigenvalue weighted by molar-refractivity contribution is 7.99. The van der Waals surface area contributed by atoms with E-state index in [0.29, 0.717) is 17.9 Å². The summed E-state index contributed by atoms with van der Waals surface area (Å²) in [6.07, 6.45) is 11.9. The normalized spacial score (nSPS) is 27.5. The van der Waals surface area contributed by atoms with E-state index in [9.17, 15) is 9.59 Å². The number of thioether (sulfide) groups is 1. The first-order chi connectivity index (χ1) is 12.8. The molecule has 4 atom stereocenters. The number of aliphatic carboxylic acids is 1. The van der Waals surface area contributed by atoms with E-state index < -0.39 is 5.97 Å². The fourth-order valence-electron chi connectivity index (χ4n) is 4.16. The lowest BCUT2D eigenvalue weighted by atomic mass is 9.78. The minimum atomic E-state index is -0.710. The molecule has 0 saturated carbocycles. The largest absolute Gasteiger partial charge is 0.481 e. The molecule has 5 heteroatoms. The highest BCUT2D eigenvalue weighted by Gasteiger charge is 2.47. The van der Waals surface area contributed by atoms with Crippen molar-refractivity contribution < 1.29 is 19.4 Å². The number of fused-ring (bicyclic) bond motifs is 2. The van der Waals surface area contributed by atoms with Gasteiger partial charge in [0.25, 0.3) is 0 Å². The van der Waals surface area contributed by atoms with Gasteiger partial charge in [0.2, 0.25) is 0 Å². The van der Waals surface area contributed by atoms with Gasteiger partial charge in [-0.3, -0.25) is 9.59 Å². The maximum Gasteiger partial charge on any atom is 0.303 e. The fraction of sp³-hybridized carbons (Fsp3) is 0.818. The molecule has 0 aromatic rings. The van der Waals surface area contributed by atoms with Gasteiger partial charge in [-0.25, -0.2) is 0 Å². The summed E-state index contributed by atoms with van der Waals surface area (Å²) in [5, 5.41) is 8.70. The van der Waals surface area contributed by atoms with Gasteiger partial charge in [0.05, 0.1) is 12.2 Å². The third-order valence-electron chi connectivity index (χ3n) is 6.02. The van der Waals surface area contributed by atoms with E-state index in [0.717, 1.165) is 56.5 Å². The van der Waals surface area contributed by atoms with Crippen molar-refractivity contribution in [2.24, 2.45) is 17.3 Å². The van der Waals surface area contributed by atoms with Gasteiger partial charge in [-0.2, -0.15) is 11.8 Å². The summed E-state index contributed by atoms with van der Waals surface area (Å²) in [5.74, 6) is 2.39. The Morgan fingerprint density at radius 3 is 2.63 bits per heavy atom. The number of hydrogen-bond acceptors (Lipinski definition) is 4. The van der Waals surface area contributed by atoms with E-state index in [4.69, 9.17) is 9.84 Å². The van der Waals surface area contributed by atoms with Gasteiger partial charge in [-0.05, 0) is 49.7 Å². The molecule has 27 heavy (non-hydrogen) atoms. The second-order valence-electron chi connectivity index (χ2n) is 8.67. The van der Waals surface area contributed by atoms with E-state index in [-0.39, 0.29) is 23.7 Å². The molecule has 0 aromatic heterocycles. The molecule has 1 N–H and O–H groups in total. The molecule has 2 heterocycles. The molecule has 0 amide bonds. The second-order valence-corrected chi connectivity index (χ2v) is 9.82. The van der Waals surface area contributed by atoms with Crippen molar-refractivity contribution in [3.8, 4) is 0 Å². The Balaban J connectivity index is 1.83. The molecule has 0 spiro atoms. The summed E-state index contributed by atoms with van der Waals surface area (Å²) >= 11 is 1.90. The van der Waals surface area contributed by atoms with Gasteiger partial charge in [0.15, 0.2) is 5.78 Å². The predicted octanol–water partition coefficient (Wildman–Crippen LogP) is 5.11. The van der Waals surface area contributed by atoms with Crippen LogP contribution in [0.2, 0.25) is 0 Å². The number of ether oxygens (including phenoxy) is 1. The molecule has 0 aliphatic carbocycles. The van der Waals surface area contributed by atoms with Crippen LogP contribution in [0.25, 0.3) is 0 Å². The molecule has 0 aromatic carbocycles. The van der Waals surface area contributed by atoms with Gasteiger partial charge >= 0.3 is 5.97 Å². The molecule has 0 radical (unpaired) electrons. The molecule has 2 saturated heterocycles. The quantitative estimate of drug-likeness (QED) is 0.346. The van der Waals surface area contributed by atoms with Crippen molar-refractivity contribution in [2.75, 3.05) is 11.5 Å². The maximum atomic E-state index is 12.6. The van der Waals surface area contributed by atoms with Gasteiger partial charge in [0.1, 0.15) is 0 Å². The van der Waals surface area contributed by atoms with Gasteiger partial charge in [-0.1, -0.05) is 39.7 Å². The summed E-state index contributed by atoms with van der Waals surface area (Å²) < 4.78 is 6.14. The van der Waals surface area contributed by atoms with Crippen LogP contribution in [0.5, 0.6) is 0 Å². The average molecular weight is 397 g/mol. The Morgan fingerprint density at radius 2 is 1.93 bits per heavy atom. The van der Waals surface area contributed by atoms with Crippen LogP contribution in [0.3, 0.4) is 0 Å². The summed E-state index contributed by atoms with van der Waals surface area (Å²) in [4.78, 5) is 23.2. The lowest BCUT2D eigenvalue weighted by molar-refractivity contribution is -0.137. The zero-order chi connectivity index (χ0) is 19.9. The molecule has 2 rings (SSSR count). The van der Waals surface area contributed by atoms with Gasteiger partial charge in [-0.15, -0.1) is 0 Å². The van der Waals surface area contributed by atoms with Crippen molar-refractivity contribution in [1.82, 2.24) is 0 Å². The van der Waals surface area contributed by atoms with Crippen molar-refractivity contribution in [1.29, 1.82) is 0 Å². The number of ketones is 1. The summed E-state index contributed by atoms with van der Waals surface area (Å²) in [7, 11) is 0. The highest BCUT2D eigenvalue weighted by Crippen LogP contribution is 2.45. The minimum absolute atomic E-state index is 0.235. The van der Waals surface area contributed by atoms with E-state index in [2.05, 4.69) is 26.8 Å². The third kappa shape index (κ3) is 6.63. The van der Waals surface area contributed by atoms with E-state index >= 15 is 0 Å². The van der Waals surface area contributed by atoms with Gasteiger partial charge < -0.3 is 9.84 Å². The Bertz CT molecular complexity index is 528. The van der Waals surface area contributed by atoms with Crippen LogP contribution in [0.1, 0.15) is 72.1 Å². The Labute approximate surface area is 168 Å². The molecule has 0 unspecified atom stereocenters. The standard InChI is InChI=1S/C22H36O4S/c1-4-5-13-22(2,3)20(23)12-9-16-17(19-11-10-18(16)26-19)15-27-14-7-6-8-21(24)25/h9,12,16-19H,4-8,10-11,13-15H2,1-3H3,(H,24,25)/t16-,17+,18-,19+/m0/s1. The third-order valence-corrected chi connectivity index (χ3v) is 7.22. The number of carbonyl (C=O) groups excluding carboxylic acids is 1. The minimum Gasteiger partial charge on any atom is -0.481 e. The Morgan fingerprint density at radius 1 is 1.19 bits per heavy atom. The lowest BCUT2D eigenvalue weighted by Gasteiger charge is -2.26. The van der Waals surface area contributed by atoms with Crippen LogP contribution < -0.4 is 0 Å². The summed E-state index contributed by atoms with van der Waals surface area (Å²) in [5.41, 5.74) is -0.278. The fourth-order valence-corrected chi connectivity index (χ4v) is 5.45. The first-order valence-electron chi connectivity index (χ1n) is 10.5. The number of hydrogen-bond donors (Lipinski definition) is 1.